The lowest BCUT2D eigenvalue weighted by atomic mass is 10.1. The van der Waals surface area contributed by atoms with E-state index in [-0.39, 0.29) is 24.0 Å². The zero-order valence-corrected chi connectivity index (χ0v) is 12.9. The number of nitrogens with one attached hydrogen (secondary N) is 2. The van der Waals surface area contributed by atoms with Crippen molar-refractivity contribution in [3.05, 3.63) is 28.5 Å². The van der Waals surface area contributed by atoms with Crippen LogP contribution in [0.5, 0.6) is 0 Å². The van der Waals surface area contributed by atoms with Gasteiger partial charge in [-0.05, 0) is 40.9 Å². The monoisotopic (exact) mass is 323 g/mol. The number of aromatic nitrogens is 1. The average Bonchev–Trinajstić information content (AvgIpc) is 2.36. The number of carbonyl (C=O) groups is 1. The SMILES string of the molecule is C#C[C@H](NC(=O)N[C@H](C)c1ccc(Br)cn1)C(C)C. The van der Waals surface area contributed by atoms with Gasteiger partial charge in [-0.3, -0.25) is 4.98 Å². The van der Waals surface area contributed by atoms with Gasteiger partial charge in [0.25, 0.3) is 0 Å². The molecule has 0 spiro atoms. The first-order valence-electron chi connectivity index (χ1n) is 6.08. The number of rotatable bonds is 4. The molecule has 0 aliphatic carbocycles. The highest BCUT2D eigenvalue weighted by atomic mass is 79.9. The molecule has 5 heteroatoms. The maximum Gasteiger partial charge on any atom is 0.316 e. The van der Waals surface area contributed by atoms with E-state index in [1.165, 1.54) is 0 Å². The first kappa shape index (κ1) is 15.5. The van der Waals surface area contributed by atoms with Crippen molar-refractivity contribution in [3.8, 4) is 12.3 Å². The molecule has 1 aromatic heterocycles. The van der Waals surface area contributed by atoms with Crippen LogP contribution < -0.4 is 10.6 Å². The van der Waals surface area contributed by atoms with Gasteiger partial charge in [-0.1, -0.05) is 19.8 Å². The van der Waals surface area contributed by atoms with Crippen molar-refractivity contribution < 1.29 is 4.79 Å². The summed E-state index contributed by atoms with van der Waals surface area (Å²) in [5.41, 5.74) is 0.792. The highest BCUT2D eigenvalue weighted by Gasteiger charge is 2.15. The van der Waals surface area contributed by atoms with Gasteiger partial charge in [-0.15, -0.1) is 6.42 Å². The normalized spacial score (nSPS) is 13.5. The molecule has 1 rings (SSSR count). The number of halogens is 1. The van der Waals surface area contributed by atoms with E-state index in [0.29, 0.717) is 0 Å². The number of urea groups is 1. The number of carbonyl (C=O) groups excluding carboxylic acids is 1. The Labute approximate surface area is 122 Å². The molecule has 0 bridgehead atoms. The van der Waals surface area contributed by atoms with Crippen molar-refractivity contribution in [2.24, 2.45) is 5.92 Å². The van der Waals surface area contributed by atoms with Gasteiger partial charge in [0, 0.05) is 10.7 Å². The largest absolute Gasteiger partial charge is 0.330 e. The smallest absolute Gasteiger partial charge is 0.316 e. The van der Waals surface area contributed by atoms with Crippen LogP contribution in [0.4, 0.5) is 4.79 Å². The molecule has 0 aliphatic rings. The summed E-state index contributed by atoms with van der Waals surface area (Å²) >= 11 is 3.32. The van der Waals surface area contributed by atoms with Gasteiger partial charge in [0.15, 0.2) is 0 Å². The highest BCUT2D eigenvalue weighted by Crippen LogP contribution is 2.13. The summed E-state index contributed by atoms with van der Waals surface area (Å²) in [6.45, 7) is 5.80. The van der Waals surface area contributed by atoms with Gasteiger partial charge in [-0.25, -0.2) is 4.79 Å². The molecule has 0 unspecified atom stereocenters. The molecule has 0 aromatic carbocycles. The Morgan fingerprint density at radius 1 is 1.37 bits per heavy atom. The summed E-state index contributed by atoms with van der Waals surface area (Å²) in [6, 6.07) is 3.00. The number of hydrogen-bond donors (Lipinski definition) is 2. The van der Waals surface area contributed by atoms with E-state index in [1.54, 1.807) is 6.20 Å². The molecule has 0 saturated heterocycles. The maximum atomic E-state index is 11.8. The number of terminal acetylenes is 1. The van der Waals surface area contributed by atoms with Gasteiger partial charge in [0.2, 0.25) is 0 Å². The Morgan fingerprint density at radius 2 is 2.05 bits per heavy atom. The van der Waals surface area contributed by atoms with Crippen molar-refractivity contribution in [2.45, 2.75) is 32.9 Å². The lowest BCUT2D eigenvalue weighted by molar-refractivity contribution is 0.233. The molecule has 0 radical (unpaired) electrons. The molecule has 1 aromatic rings. The standard InChI is InChI=1S/C14H18BrN3O/c1-5-12(9(2)3)18-14(19)17-10(4)13-7-6-11(15)8-16-13/h1,6-10,12H,2-4H3,(H2,17,18,19)/t10-,12+/m1/s1. The molecule has 1 heterocycles. The van der Waals surface area contributed by atoms with Gasteiger partial charge in [0.05, 0.1) is 17.8 Å². The zero-order valence-electron chi connectivity index (χ0n) is 11.3. The lowest BCUT2D eigenvalue weighted by Crippen LogP contribution is -2.44. The molecule has 2 amide bonds. The van der Waals surface area contributed by atoms with Crippen LogP contribution in [0.15, 0.2) is 22.8 Å². The Kier molecular flexibility index (Phi) is 5.84. The van der Waals surface area contributed by atoms with E-state index >= 15 is 0 Å². The van der Waals surface area contributed by atoms with E-state index in [9.17, 15) is 4.79 Å². The Morgan fingerprint density at radius 3 is 2.53 bits per heavy atom. The van der Waals surface area contributed by atoms with E-state index in [0.717, 1.165) is 10.2 Å². The van der Waals surface area contributed by atoms with E-state index in [2.05, 4.69) is 37.5 Å². The number of amides is 2. The third-order valence-electron chi connectivity index (χ3n) is 2.67. The summed E-state index contributed by atoms with van der Waals surface area (Å²) in [6.07, 6.45) is 7.07. The molecule has 2 atom stereocenters. The van der Waals surface area contributed by atoms with Crippen LogP contribution in [0, 0.1) is 18.3 Å². The summed E-state index contributed by atoms with van der Waals surface area (Å²) in [5, 5.41) is 5.57. The third kappa shape index (κ3) is 4.92. The van der Waals surface area contributed by atoms with Crippen LogP contribution in [0.1, 0.15) is 32.5 Å². The summed E-state index contributed by atoms with van der Waals surface area (Å²) in [4.78, 5) is 16.0. The van der Waals surface area contributed by atoms with Crippen molar-refractivity contribution in [1.29, 1.82) is 0 Å². The second-order valence-electron chi connectivity index (χ2n) is 4.63. The number of nitrogens with zero attached hydrogens (tertiary/aromatic N) is 1. The first-order chi connectivity index (χ1) is 8.93. The predicted molar refractivity (Wildman–Crippen MR) is 79.5 cm³/mol. The average molecular weight is 324 g/mol. The zero-order chi connectivity index (χ0) is 14.4. The topological polar surface area (TPSA) is 54.0 Å². The minimum Gasteiger partial charge on any atom is -0.330 e. The van der Waals surface area contributed by atoms with E-state index < -0.39 is 0 Å². The fourth-order valence-electron chi connectivity index (χ4n) is 1.50. The second kappa shape index (κ2) is 7.15. The molecule has 2 N–H and O–H groups in total. The Bertz CT molecular complexity index is 465. The maximum absolute atomic E-state index is 11.8. The molecule has 4 nitrogen and oxygen atoms in total. The molecule has 102 valence electrons. The van der Waals surface area contributed by atoms with Gasteiger partial charge in [0.1, 0.15) is 0 Å². The van der Waals surface area contributed by atoms with Crippen LogP contribution in [0.2, 0.25) is 0 Å². The molecule has 19 heavy (non-hydrogen) atoms. The van der Waals surface area contributed by atoms with E-state index in [4.69, 9.17) is 6.42 Å². The lowest BCUT2D eigenvalue weighted by Gasteiger charge is -2.19. The third-order valence-corrected chi connectivity index (χ3v) is 3.14. The summed E-state index contributed by atoms with van der Waals surface area (Å²) in [5.74, 6) is 2.75. The second-order valence-corrected chi connectivity index (χ2v) is 5.54. The van der Waals surface area contributed by atoms with Crippen LogP contribution in [0.25, 0.3) is 0 Å². The van der Waals surface area contributed by atoms with E-state index in [1.807, 2.05) is 32.9 Å². The molecular weight excluding hydrogens is 306 g/mol. The number of hydrogen-bond acceptors (Lipinski definition) is 2. The van der Waals surface area contributed by atoms with Crippen LogP contribution >= 0.6 is 15.9 Å². The minimum absolute atomic E-state index is 0.182. The van der Waals surface area contributed by atoms with Crippen molar-refractivity contribution in [1.82, 2.24) is 15.6 Å². The van der Waals surface area contributed by atoms with Gasteiger partial charge in [-0.2, -0.15) is 0 Å². The summed E-state index contributed by atoms with van der Waals surface area (Å²) in [7, 11) is 0. The minimum atomic E-state index is -0.283. The van der Waals surface area contributed by atoms with Crippen molar-refractivity contribution >= 4 is 22.0 Å². The first-order valence-corrected chi connectivity index (χ1v) is 6.88. The van der Waals surface area contributed by atoms with Crippen molar-refractivity contribution in [2.75, 3.05) is 0 Å². The Balaban J connectivity index is 2.57. The van der Waals surface area contributed by atoms with Crippen LogP contribution in [-0.2, 0) is 0 Å². The van der Waals surface area contributed by atoms with Crippen molar-refractivity contribution in [3.63, 3.8) is 0 Å². The highest BCUT2D eigenvalue weighted by molar-refractivity contribution is 9.10. The van der Waals surface area contributed by atoms with Gasteiger partial charge < -0.3 is 10.6 Å². The molecule has 0 fully saturated rings. The fraction of sp³-hybridized carbons (Fsp3) is 0.429. The fourth-order valence-corrected chi connectivity index (χ4v) is 1.73. The number of pyridine rings is 1. The molecule has 0 aliphatic heterocycles. The van der Waals surface area contributed by atoms with Gasteiger partial charge >= 0.3 is 6.03 Å². The van der Waals surface area contributed by atoms with Crippen LogP contribution in [-0.4, -0.2) is 17.1 Å². The van der Waals surface area contributed by atoms with Crippen LogP contribution in [0.3, 0.4) is 0 Å². The molecular formula is C14H18BrN3O. The quantitative estimate of drug-likeness (QED) is 0.837. The molecule has 0 saturated carbocycles. The summed E-state index contributed by atoms with van der Waals surface area (Å²) < 4.78 is 0.903. The Hall–Kier alpha value is -1.54. The predicted octanol–water partition coefficient (Wildman–Crippen LogP) is 2.86.